The Morgan fingerprint density at radius 3 is 2.57 bits per heavy atom. The Morgan fingerprint density at radius 2 is 1.90 bits per heavy atom. The number of anilines is 1. The van der Waals surface area contributed by atoms with E-state index in [4.69, 9.17) is 15.2 Å². The number of hydrogen-bond donors (Lipinski definition) is 1. The fourth-order valence-electron chi connectivity index (χ4n) is 1.81. The van der Waals surface area contributed by atoms with Gasteiger partial charge in [-0.15, -0.1) is 0 Å². The molecule has 2 aromatic rings. The maximum Gasteiger partial charge on any atom is 0.249 e. The molecule has 0 aliphatic carbocycles. The third kappa shape index (κ3) is 3.59. The summed E-state index contributed by atoms with van der Waals surface area (Å²) in [6, 6.07) is 3.75. The van der Waals surface area contributed by atoms with Crippen LogP contribution >= 0.6 is 0 Å². The zero-order chi connectivity index (χ0) is 15.4. The van der Waals surface area contributed by atoms with Gasteiger partial charge in [-0.25, -0.2) is 0 Å². The minimum atomic E-state index is -0.0257. The largest absolute Gasteiger partial charge is 0.473 e. The average Bonchev–Trinajstić information content (AvgIpc) is 2.44. The summed E-state index contributed by atoms with van der Waals surface area (Å²) < 4.78 is 11.3. The van der Waals surface area contributed by atoms with E-state index >= 15 is 0 Å². The van der Waals surface area contributed by atoms with Gasteiger partial charge in [0.1, 0.15) is 6.33 Å². The summed E-state index contributed by atoms with van der Waals surface area (Å²) in [6.07, 6.45) is 2.11. The summed E-state index contributed by atoms with van der Waals surface area (Å²) in [5.74, 6) is 1.25. The van der Waals surface area contributed by atoms with Crippen LogP contribution in [0.25, 0.3) is 0 Å². The van der Waals surface area contributed by atoms with Crippen molar-refractivity contribution < 1.29 is 9.47 Å². The van der Waals surface area contributed by atoms with E-state index in [9.17, 15) is 0 Å². The zero-order valence-electron chi connectivity index (χ0n) is 12.8. The highest BCUT2D eigenvalue weighted by Gasteiger charge is 2.14. The van der Waals surface area contributed by atoms with E-state index < -0.39 is 0 Å². The van der Waals surface area contributed by atoms with Crippen molar-refractivity contribution in [2.45, 2.75) is 40.2 Å². The molecule has 21 heavy (non-hydrogen) atoms. The molecule has 0 fully saturated rings. The van der Waals surface area contributed by atoms with Crippen LogP contribution < -0.4 is 15.2 Å². The molecule has 0 aliphatic rings. The minimum Gasteiger partial charge on any atom is -0.473 e. The first-order valence-corrected chi connectivity index (χ1v) is 6.92. The number of pyridine rings is 1. The Labute approximate surface area is 124 Å². The highest BCUT2D eigenvalue weighted by Crippen LogP contribution is 2.32. The number of nitrogen functional groups attached to an aromatic ring is 1. The zero-order valence-corrected chi connectivity index (χ0v) is 12.8. The number of rotatable bonds is 5. The van der Waals surface area contributed by atoms with Crippen molar-refractivity contribution in [2.75, 3.05) is 5.73 Å². The summed E-state index contributed by atoms with van der Waals surface area (Å²) in [5, 5.41) is 0. The van der Waals surface area contributed by atoms with Crippen LogP contribution in [-0.2, 0) is 6.42 Å². The first kappa shape index (κ1) is 15.0. The molecule has 0 atom stereocenters. The molecule has 2 heterocycles. The maximum absolute atomic E-state index is 6.01. The number of nitrogens with two attached hydrogens (primary N) is 1. The fraction of sp³-hybridized carbons (Fsp3) is 0.400. The third-order valence-corrected chi connectivity index (χ3v) is 2.77. The van der Waals surface area contributed by atoms with Gasteiger partial charge in [-0.1, -0.05) is 6.92 Å². The first-order chi connectivity index (χ1) is 10.0. The molecule has 112 valence electrons. The lowest BCUT2D eigenvalue weighted by molar-refractivity contribution is 0.232. The third-order valence-electron chi connectivity index (χ3n) is 2.77. The number of nitrogens with zero attached hydrogens (tertiary/aromatic N) is 3. The van der Waals surface area contributed by atoms with E-state index in [0.29, 0.717) is 11.6 Å². The Bertz CT molecular complexity index is 629. The van der Waals surface area contributed by atoms with Gasteiger partial charge in [0, 0.05) is 5.69 Å². The molecule has 6 nitrogen and oxygen atoms in total. The van der Waals surface area contributed by atoms with Crippen LogP contribution in [0.2, 0.25) is 0 Å². The van der Waals surface area contributed by atoms with Gasteiger partial charge in [0.05, 0.1) is 11.8 Å². The van der Waals surface area contributed by atoms with Crippen molar-refractivity contribution in [3.8, 4) is 17.5 Å². The summed E-state index contributed by atoms with van der Waals surface area (Å²) >= 11 is 0. The highest BCUT2D eigenvalue weighted by molar-refractivity contribution is 5.57. The quantitative estimate of drug-likeness (QED) is 0.910. The van der Waals surface area contributed by atoms with Crippen LogP contribution in [-0.4, -0.2) is 21.1 Å². The molecule has 0 saturated heterocycles. The Hall–Kier alpha value is -2.37. The molecule has 0 saturated carbocycles. The monoisotopic (exact) mass is 288 g/mol. The molecule has 6 heteroatoms. The number of aryl methyl sites for hydroxylation is 2. The van der Waals surface area contributed by atoms with Crippen molar-refractivity contribution in [2.24, 2.45) is 0 Å². The van der Waals surface area contributed by atoms with E-state index in [-0.39, 0.29) is 17.7 Å². The molecule has 0 unspecified atom stereocenters. The molecule has 2 rings (SSSR count). The summed E-state index contributed by atoms with van der Waals surface area (Å²) in [5.41, 5.74) is 8.10. The van der Waals surface area contributed by atoms with Crippen LogP contribution in [0.1, 0.15) is 32.2 Å². The van der Waals surface area contributed by atoms with Crippen LogP contribution in [0.4, 0.5) is 5.69 Å². The van der Waals surface area contributed by atoms with Gasteiger partial charge in [0.2, 0.25) is 11.8 Å². The molecule has 2 N–H and O–H groups in total. The maximum atomic E-state index is 6.01. The molecule has 2 aromatic heterocycles. The van der Waals surface area contributed by atoms with E-state index in [1.165, 1.54) is 6.33 Å². The predicted molar refractivity (Wildman–Crippen MR) is 80.6 cm³/mol. The lowest BCUT2D eigenvalue weighted by Gasteiger charge is -2.14. The van der Waals surface area contributed by atoms with Crippen LogP contribution in [0.5, 0.6) is 17.5 Å². The normalized spacial score (nSPS) is 10.7. The Balaban J connectivity index is 2.32. The van der Waals surface area contributed by atoms with Gasteiger partial charge in [0.25, 0.3) is 0 Å². The second-order valence-electron chi connectivity index (χ2n) is 4.92. The van der Waals surface area contributed by atoms with E-state index in [1.807, 2.05) is 39.8 Å². The topological polar surface area (TPSA) is 83.2 Å². The summed E-state index contributed by atoms with van der Waals surface area (Å²) in [4.78, 5) is 12.5. The van der Waals surface area contributed by atoms with Crippen molar-refractivity contribution in [3.05, 3.63) is 29.8 Å². The van der Waals surface area contributed by atoms with E-state index in [0.717, 1.165) is 17.8 Å². The molecule has 0 spiro atoms. The van der Waals surface area contributed by atoms with Gasteiger partial charge in [-0.05, 0) is 39.3 Å². The summed E-state index contributed by atoms with van der Waals surface area (Å²) in [7, 11) is 0. The summed E-state index contributed by atoms with van der Waals surface area (Å²) in [6.45, 7) is 7.77. The predicted octanol–water partition coefficient (Wildman–Crippen LogP) is 2.90. The molecule has 0 aliphatic heterocycles. The first-order valence-electron chi connectivity index (χ1n) is 6.92. The van der Waals surface area contributed by atoms with Crippen molar-refractivity contribution in [1.82, 2.24) is 15.0 Å². The lowest BCUT2D eigenvalue weighted by atomic mass is 10.2. The molecular weight excluding hydrogens is 268 g/mol. The number of hydrogen-bond acceptors (Lipinski definition) is 6. The average molecular weight is 288 g/mol. The van der Waals surface area contributed by atoms with Gasteiger partial charge in [-0.3, -0.25) is 4.98 Å². The highest BCUT2D eigenvalue weighted by atomic mass is 16.5. The van der Waals surface area contributed by atoms with Gasteiger partial charge in [-0.2, -0.15) is 9.97 Å². The standard InChI is InChI=1S/C15H20N4O2/c1-5-11-12(7-6-10(4)19-11)21-15-13(16)14(17-8-18-15)20-9(2)3/h6-9H,5,16H2,1-4H3. The Morgan fingerprint density at radius 1 is 1.19 bits per heavy atom. The fourth-order valence-corrected chi connectivity index (χ4v) is 1.81. The van der Waals surface area contributed by atoms with E-state index in [1.54, 1.807) is 0 Å². The van der Waals surface area contributed by atoms with Gasteiger partial charge < -0.3 is 15.2 Å². The molecule has 0 bridgehead atoms. The Kier molecular flexibility index (Phi) is 4.57. The van der Waals surface area contributed by atoms with Crippen molar-refractivity contribution in [3.63, 3.8) is 0 Å². The van der Waals surface area contributed by atoms with Crippen LogP contribution in [0, 0.1) is 6.92 Å². The van der Waals surface area contributed by atoms with Crippen molar-refractivity contribution in [1.29, 1.82) is 0 Å². The van der Waals surface area contributed by atoms with Crippen LogP contribution in [0.3, 0.4) is 0 Å². The molecule has 0 aromatic carbocycles. The van der Waals surface area contributed by atoms with Gasteiger partial charge >= 0.3 is 0 Å². The van der Waals surface area contributed by atoms with Crippen molar-refractivity contribution >= 4 is 5.69 Å². The molecular formula is C15H20N4O2. The lowest BCUT2D eigenvalue weighted by Crippen LogP contribution is -2.10. The minimum absolute atomic E-state index is 0.0257. The molecule has 0 radical (unpaired) electrons. The second kappa shape index (κ2) is 6.39. The second-order valence-corrected chi connectivity index (χ2v) is 4.92. The number of aromatic nitrogens is 3. The van der Waals surface area contributed by atoms with Crippen LogP contribution in [0.15, 0.2) is 18.5 Å². The number of ether oxygens (including phenoxy) is 2. The molecule has 0 amide bonds. The SMILES string of the molecule is CCc1nc(C)ccc1Oc1ncnc(OC(C)C)c1N. The van der Waals surface area contributed by atoms with Gasteiger partial charge in [0.15, 0.2) is 11.4 Å². The smallest absolute Gasteiger partial charge is 0.249 e. The van der Waals surface area contributed by atoms with E-state index in [2.05, 4.69) is 15.0 Å².